The Balaban J connectivity index is 2.16. The maximum absolute atomic E-state index is 10.2. The summed E-state index contributed by atoms with van der Waals surface area (Å²) in [6.07, 6.45) is 0. The number of furan rings is 1. The van der Waals surface area contributed by atoms with Crippen LogP contribution in [0.25, 0.3) is 0 Å². The quantitative estimate of drug-likeness (QED) is 0.502. The monoisotopic (exact) mass is 184 g/mol. The third-order valence-corrected chi connectivity index (χ3v) is 1.36. The lowest BCUT2D eigenvalue weighted by molar-refractivity contribution is -0.125. The van der Waals surface area contributed by atoms with Crippen LogP contribution in [0.1, 0.15) is 11.5 Å². The Morgan fingerprint density at radius 2 is 2.46 bits per heavy atom. The first-order valence-corrected chi connectivity index (χ1v) is 3.87. The van der Waals surface area contributed by atoms with Crippen molar-refractivity contribution in [2.24, 2.45) is 5.73 Å². The molecule has 0 aromatic carbocycles. The van der Waals surface area contributed by atoms with Crippen LogP contribution in [-0.4, -0.2) is 12.5 Å². The third kappa shape index (κ3) is 3.73. The summed E-state index contributed by atoms with van der Waals surface area (Å²) in [7, 11) is 0. The Labute approximate surface area is 75.8 Å². The zero-order valence-electron chi connectivity index (χ0n) is 7.37. The van der Waals surface area contributed by atoms with E-state index in [9.17, 15) is 4.79 Å². The van der Waals surface area contributed by atoms with Crippen LogP contribution in [0.2, 0.25) is 0 Å². The van der Waals surface area contributed by atoms with Gasteiger partial charge >= 0.3 is 0 Å². The minimum absolute atomic E-state index is 0.139. The number of aryl methyl sites for hydroxylation is 1. The van der Waals surface area contributed by atoms with E-state index in [0.29, 0.717) is 6.54 Å². The van der Waals surface area contributed by atoms with Crippen molar-refractivity contribution >= 4 is 5.91 Å². The molecule has 0 bridgehead atoms. The summed E-state index contributed by atoms with van der Waals surface area (Å²) in [6, 6.07) is 3.68. The Hall–Kier alpha value is -1.33. The second-order valence-corrected chi connectivity index (χ2v) is 2.59. The second-order valence-electron chi connectivity index (χ2n) is 2.59. The molecule has 1 amide bonds. The van der Waals surface area contributed by atoms with Gasteiger partial charge < -0.3 is 10.2 Å². The van der Waals surface area contributed by atoms with Crippen LogP contribution in [0.4, 0.5) is 0 Å². The first-order valence-electron chi connectivity index (χ1n) is 3.87. The summed E-state index contributed by atoms with van der Waals surface area (Å²) in [5.41, 5.74) is 7.40. The molecule has 1 aromatic heterocycles. The highest BCUT2D eigenvalue weighted by Gasteiger charge is 1.98. The Bertz CT molecular complexity index is 283. The smallest absolute Gasteiger partial charge is 0.245 e. The molecule has 0 aliphatic rings. The van der Waals surface area contributed by atoms with E-state index in [1.54, 1.807) is 0 Å². The lowest BCUT2D eigenvalue weighted by atomic mass is 10.4. The summed E-state index contributed by atoms with van der Waals surface area (Å²) in [5, 5.41) is 0. The highest BCUT2D eigenvalue weighted by Crippen LogP contribution is 2.04. The fourth-order valence-electron chi connectivity index (χ4n) is 0.824. The Morgan fingerprint density at radius 1 is 1.69 bits per heavy atom. The molecule has 0 atom stereocenters. The molecular weight excluding hydrogens is 172 g/mol. The van der Waals surface area contributed by atoms with E-state index in [-0.39, 0.29) is 6.61 Å². The van der Waals surface area contributed by atoms with Crippen molar-refractivity contribution < 1.29 is 14.0 Å². The first kappa shape index (κ1) is 9.76. The molecule has 1 rings (SSSR count). The molecule has 5 heteroatoms. The van der Waals surface area contributed by atoms with E-state index >= 15 is 0 Å². The van der Waals surface area contributed by atoms with Crippen molar-refractivity contribution in [1.29, 1.82) is 0 Å². The molecular formula is C8H12N2O3. The van der Waals surface area contributed by atoms with E-state index in [4.69, 9.17) is 15.0 Å². The molecule has 0 saturated heterocycles. The highest BCUT2D eigenvalue weighted by atomic mass is 16.6. The van der Waals surface area contributed by atoms with E-state index in [1.807, 2.05) is 19.1 Å². The van der Waals surface area contributed by atoms with Gasteiger partial charge in [-0.25, -0.2) is 0 Å². The van der Waals surface area contributed by atoms with Gasteiger partial charge in [0, 0.05) is 0 Å². The van der Waals surface area contributed by atoms with E-state index < -0.39 is 5.91 Å². The summed E-state index contributed by atoms with van der Waals surface area (Å²) >= 11 is 0. The van der Waals surface area contributed by atoms with Crippen LogP contribution in [0.15, 0.2) is 16.5 Å². The molecule has 1 heterocycles. The van der Waals surface area contributed by atoms with Crippen molar-refractivity contribution in [3.05, 3.63) is 23.7 Å². The predicted molar refractivity (Wildman–Crippen MR) is 45.4 cm³/mol. The molecule has 0 aliphatic carbocycles. The van der Waals surface area contributed by atoms with Gasteiger partial charge in [0.2, 0.25) is 5.91 Å². The number of carbonyl (C=O) groups is 1. The average Bonchev–Trinajstić information content (AvgIpc) is 2.45. The van der Waals surface area contributed by atoms with Gasteiger partial charge in [-0.3, -0.25) is 9.63 Å². The normalized spacial score (nSPS) is 10.2. The van der Waals surface area contributed by atoms with Crippen LogP contribution in [-0.2, 0) is 16.2 Å². The van der Waals surface area contributed by atoms with E-state index in [2.05, 4.69) is 5.48 Å². The first-order chi connectivity index (χ1) is 6.18. The van der Waals surface area contributed by atoms with Crippen LogP contribution >= 0.6 is 0 Å². The van der Waals surface area contributed by atoms with Crippen LogP contribution in [0.3, 0.4) is 0 Å². The summed E-state index contributed by atoms with van der Waals surface area (Å²) in [5.74, 6) is 1.08. The number of hydroxylamine groups is 1. The van der Waals surface area contributed by atoms with Crippen molar-refractivity contribution in [1.82, 2.24) is 5.48 Å². The topological polar surface area (TPSA) is 77.5 Å². The average molecular weight is 184 g/mol. The summed E-state index contributed by atoms with van der Waals surface area (Å²) in [4.78, 5) is 15.0. The third-order valence-electron chi connectivity index (χ3n) is 1.36. The van der Waals surface area contributed by atoms with Crippen LogP contribution < -0.4 is 11.2 Å². The maximum atomic E-state index is 10.2. The van der Waals surface area contributed by atoms with E-state index in [0.717, 1.165) is 11.5 Å². The molecule has 0 spiro atoms. The minimum atomic E-state index is -0.511. The van der Waals surface area contributed by atoms with Gasteiger partial charge in [0.1, 0.15) is 18.1 Å². The van der Waals surface area contributed by atoms with Gasteiger partial charge in [-0.05, 0) is 19.1 Å². The zero-order valence-corrected chi connectivity index (χ0v) is 7.37. The standard InChI is InChI=1S/C8H12N2O3/c1-6-2-3-7(13-6)4-10-12-5-8(9)11/h2-3,10H,4-5H2,1H3,(H2,9,11). The second kappa shape index (κ2) is 4.64. The van der Waals surface area contributed by atoms with Crippen molar-refractivity contribution in [2.45, 2.75) is 13.5 Å². The van der Waals surface area contributed by atoms with Crippen LogP contribution in [0, 0.1) is 6.92 Å². The van der Waals surface area contributed by atoms with Crippen molar-refractivity contribution in [2.75, 3.05) is 6.61 Å². The number of hydrogen-bond acceptors (Lipinski definition) is 4. The molecule has 0 aliphatic heterocycles. The number of primary amides is 1. The number of hydrogen-bond donors (Lipinski definition) is 2. The number of nitrogens with one attached hydrogen (secondary N) is 1. The molecule has 0 unspecified atom stereocenters. The molecule has 1 aromatic rings. The van der Waals surface area contributed by atoms with Gasteiger partial charge in [-0.15, -0.1) is 0 Å². The van der Waals surface area contributed by atoms with Crippen molar-refractivity contribution in [3.8, 4) is 0 Å². The Kier molecular flexibility index (Phi) is 3.48. The fraction of sp³-hybridized carbons (Fsp3) is 0.375. The highest BCUT2D eigenvalue weighted by molar-refractivity contribution is 5.74. The van der Waals surface area contributed by atoms with Gasteiger partial charge in [0.05, 0.1) is 6.54 Å². The molecule has 0 saturated carbocycles. The van der Waals surface area contributed by atoms with Gasteiger partial charge in [-0.1, -0.05) is 0 Å². The Morgan fingerprint density at radius 3 is 3.00 bits per heavy atom. The van der Waals surface area contributed by atoms with Crippen LogP contribution in [0.5, 0.6) is 0 Å². The van der Waals surface area contributed by atoms with Gasteiger partial charge in [0.25, 0.3) is 0 Å². The SMILES string of the molecule is Cc1ccc(CNOCC(N)=O)o1. The van der Waals surface area contributed by atoms with Crippen molar-refractivity contribution in [3.63, 3.8) is 0 Å². The molecule has 3 N–H and O–H groups in total. The maximum Gasteiger partial charge on any atom is 0.245 e. The van der Waals surface area contributed by atoms with Gasteiger partial charge in [-0.2, -0.15) is 5.48 Å². The number of carbonyl (C=O) groups excluding carboxylic acids is 1. The summed E-state index contributed by atoms with van der Waals surface area (Å²) in [6.45, 7) is 2.13. The predicted octanol–water partition coefficient (Wildman–Crippen LogP) is 0.0945. The fourth-order valence-corrected chi connectivity index (χ4v) is 0.824. The lowest BCUT2D eigenvalue weighted by Crippen LogP contribution is -2.24. The van der Waals surface area contributed by atoms with E-state index in [1.165, 1.54) is 0 Å². The number of amides is 1. The molecule has 13 heavy (non-hydrogen) atoms. The molecule has 72 valence electrons. The lowest BCUT2D eigenvalue weighted by Gasteiger charge is -2.00. The largest absolute Gasteiger partial charge is 0.465 e. The number of nitrogens with two attached hydrogens (primary N) is 1. The summed E-state index contributed by atoms with van der Waals surface area (Å²) < 4.78 is 5.23. The zero-order chi connectivity index (χ0) is 9.68. The van der Waals surface area contributed by atoms with Gasteiger partial charge in [0.15, 0.2) is 0 Å². The minimum Gasteiger partial charge on any atom is -0.465 e. The number of rotatable bonds is 5. The molecule has 0 radical (unpaired) electrons. The molecule has 0 fully saturated rings. The molecule has 5 nitrogen and oxygen atoms in total.